The summed E-state index contributed by atoms with van der Waals surface area (Å²) < 4.78 is 19.9. The molecule has 0 aliphatic carbocycles. The number of rotatable bonds is 8. The van der Waals surface area contributed by atoms with Crippen molar-refractivity contribution in [2.75, 3.05) is 20.2 Å². The third-order valence-corrected chi connectivity index (χ3v) is 7.93. The lowest BCUT2D eigenvalue weighted by molar-refractivity contribution is -0.164. The van der Waals surface area contributed by atoms with E-state index in [1.54, 1.807) is 39.1 Å². The normalized spacial score (nSPS) is 15.1. The van der Waals surface area contributed by atoms with Crippen LogP contribution in [-0.4, -0.2) is 63.1 Å². The maximum Gasteiger partial charge on any atom is 0.407 e. The van der Waals surface area contributed by atoms with Gasteiger partial charge in [0.25, 0.3) is 5.56 Å². The van der Waals surface area contributed by atoms with Crippen LogP contribution in [0.4, 0.5) is 4.79 Å². The number of carboxylic acid groups (broad SMARTS) is 1. The van der Waals surface area contributed by atoms with Crippen molar-refractivity contribution in [1.29, 1.82) is 0 Å². The van der Waals surface area contributed by atoms with Crippen LogP contribution in [0.25, 0.3) is 10.2 Å². The number of carbonyl (C=O) groups excluding carboxylic acids is 1. The molecule has 11 nitrogen and oxygen atoms in total. The Bertz CT molecular complexity index is 1560. The highest BCUT2D eigenvalue weighted by Crippen LogP contribution is 2.33. The zero-order chi connectivity index (χ0) is 29.6. The summed E-state index contributed by atoms with van der Waals surface area (Å²) in [6, 6.07) is 7.22. The van der Waals surface area contributed by atoms with Gasteiger partial charge in [0.05, 0.1) is 38.2 Å². The second kappa shape index (κ2) is 10.7. The first-order valence-electron chi connectivity index (χ1n) is 12.9. The molecule has 12 heteroatoms. The lowest BCUT2D eigenvalue weighted by Crippen LogP contribution is -2.55. The number of ether oxygens (including phenoxy) is 3. The molecule has 1 aliphatic heterocycles. The molecule has 1 aromatic carbocycles. The molecule has 2 aromatic heterocycles. The molecule has 0 spiro atoms. The van der Waals surface area contributed by atoms with Crippen molar-refractivity contribution in [1.82, 2.24) is 14.0 Å². The number of esters is 1. The van der Waals surface area contributed by atoms with E-state index >= 15 is 0 Å². The van der Waals surface area contributed by atoms with E-state index in [-0.39, 0.29) is 19.6 Å². The first-order valence-corrected chi connectivity index (χ1v) is 13.8. The van der Waals surface area contributed by atoms with Gasteiger partial charge in [-0.2, -0.15) is 0 Å². The third-order valence-electron chi connectivity index (χ3n) is 6.81. The fourth-order valence-corrected chi connectivity index (χ4v) is 5.72. The second-order valence-electron chi connectivity index (χ2n) is 11.4. The standard InChI is InChI=1S/C28H35N3O8S/c1-16-15-40-23-21(16)22(32)31(28(5,6)24(33)39-27(2,3)4)25(34)30(23)14-20(18-10-8-9-11-19(18)37-7)38-17-12-29(13-17)26(35)36/h8-11,15,17,20H,12-14H2,1-7H3,(H,35,36). The van der Waals surface area contributed by atoms with Gasteiger partial charge in [-0.25, -0.2) is 19.0 Å². The highest BCUT2D eigenvalue weighted by molar-refractivity contribution is 7.17. The Morgan fingerprint density at radius 2 is 1.77 bits per heavy atom. The number of aryl methyl sites for hydroxylation is 1. The number of hydrogen-bond acceptors (Lipinski definition) is 8. The number of aromatic nitrogens is 2. The summed E-state index contributed by atoms with van der Waals surface area (Å²) in [5.74, 6) is -0.172. The Hall–Kier alpha value is -3.64. The van der Waals surface area contributed by atoms with Gasteiger partial charge in [-0.15, -0.1) is 11.3 Å². The third kappa shape index (κ3) is 5.50. The van der Waals surface area contributed by atoms with Crippen molar-refractivity contribution < 1.29 is 28.9 Å². The smallest absolute Gasteiger partial charge is 0.407 e. The maximum atomic E-state index is 14.1. The number of carbonyl (C=O) groups is 2. The van der Waals surface area contributed by atoms with E-state index in [4.69, 9.17) is 14.2 Å². The van der Waals surface area contributed by atoms with Crippen molar-refractivity contribution in [3.8, 4) is 5.75 Å². The molecule has 4 rings (SSSR count). The van der Waals surface area contributed by atoms with Gasteiger partial charge < -0.3 is 24.2 Å². The first kappa shape index (κ1) is 29.3. The summed E-state index contributed by atoms with van der Waals surface area (Å²) in [5.41, 5.74) is -2.34. The molecule has 0 saturated carbocycles. The number of thiophene rings is 1. The minimum Gasteiger partial charge on any atom is -0.496 e. The summed E-state index contributed by atoms with van der Waals surface area (Å²) in [4.78, 5) is 54.1. The monoisotopic (exact) mass is 573 g/mol. The number of amides is 1. The number of para-hydroxylation sites is 1. The quantitative estimate of drug-likeness (QED) is 0.404. The van der Waals surface area contributed by atoms with Gasteiger partial charge in [0.1, 0.15) is 27.8 Å². The highest BCUT2D eigenvalue weighted by atomic mass is 32.1. The Morgan fingerprint density at radius 3 is 2.38 bits per heavy atom. The van der Waals surface area contributed by atoms with E-state index in [1.165, 1.54) is 41.8 Å². The van der Waals surface area contributed by atoms with E-state index in [0.29, 0.717) is 27.1 Å². The van der Waals surface area contributed by atoms with Crippen LogP contribution in [0.3, 0.4) is 0 Å². The van der Waals surface area contributed by atoms with Crippen LogP contribution < -0.4 is 16.0 Å². The molecule has 1 saturated heterocycles. The Kier molecular flexibility index (Phi) is 7.88. The van der Waals surface area contributed by atoms with E-state index in [9.17, 15) is 24.3 Å². The van der Waals surface area contributed by atoms with Crippen LogP contribution in [-0.2, 0) is 26.4 Å². The molecule has 0 bridgehead atoms. The molecule has 1 amide bonds. The average molecular weight is 574 g/mol. The number of hydrogen-bond donors (Lipinski definition) is 1. The molecule has 1 N–H and O–H groups in total. The number of benzene rings is 1. The van der Waals surface area contributed by atoms with Crippen molar-refractivity contribution in [3.05, 3.63) is 61.6 Å². The zero-order valence-corrected chi connectivity index (χ0v) is 24.5. The molecule has 1 aliphatic rings. The van der Waals surface area contributed by atoms with Gasteiger partial charge >= 0.3 is 17.8 Å². The Morgan fingerprint density at radius 1 is 1.12 bits per heavy atom. The fourth-order valence-electron chi connectivity index (χ4n) is 4.67. The molecule has 1 fully saturated rings. The summed E-state index contributed by atoms with van der Waals surface area (Å²) in [6.45, 7) is 10.3. The number of fused-ring (bicyclic) bond motifs is 1. The Balaban J connectivity index is 1.86. The lowest BCUT2D eigenvalue weighted by atomic mass is 10.0. The second-order valence-corrected chi connectivity index (χ2v) is 12.2. The molecule has 0 radical (unpaired) electrons. The van der Waals surface area contributed by atoms with Crippen LogP contribution >= 0.6 is 11.3 Å². The maximum absolute atomic E-state index is 14.1. The van der Waals surface area contributed by atoms with Crippen LogP contribution in [0.2, 0.25) is 0 Å². The van der Waals surface area contributed by atoms with Crippen LogP contribution in [0.5, 0.6) is 5.75 Å². The molecule has 3 aromatic rings. The van der Waals surface area contributed by atoms with Crippen LogP contribution in [0.15, 0.2) is 39.2 Å². The van der Waals surface area contributed by atoms with Gasteiger partial charge in [-0.3, -0.25) is 9.36 Å². The Labute approximate surface area is 235 Å². The molecule has 216 valence electrons. The zero-order valence-electron chi connectivity index (χ0n) is 23.7. The lowest BCUT2D eigenvalue weighted by Gasteiger charge is -2.39. The van der Waals surface area contributed by atoms with Crippen molar-refractivity contribution in [2.24, 2.45) is 0 Å². The average Bonchev–Trinajstić information content (AvgIpc) is 3.22. The minimum atomic E-state index is -1.61. The molecular formula is C28H35N3O8S. The summed E-state index contributed by atoms with van der Waals surface area (Å²) in [7, 11) is 1.53. The molecule has 3 heterocycles. The predicted octanol–water partition coefficient (Wildman–Crippen LogP) is 3.74. The largest absolute Gasteiger partial charge is 0.496 e. The van der Waals surface area contributed by atoms with Gasteiger partial charge in [0.2, 0.25) is 0 Å². The SMILES string of the molecule is COc1ccccc1C(Cn1c(=O)n(C(C)(C)C(=O)OC(C)(C)C)c(=O)c2c(C)csc21)OC1CN(C(=O)O)C1. The molecule has 40 heavy (non-hydrogen) atoms. The van der Waals surface area contributed by atoms with Gasteiger partial charge in [0, 0.05) is 5.56 Å². The van der Waals surface area contributed by atoms with Gasteiger partial charge in [-0.1, -0.05) is 18.2 Å². The van der Waals surface area contributed by atoms with Crippen LogP contribution in [0, 0.1) is 6.92 Å². The van der Waals surface area contributed by atoms with E-state index in [2.05, 4.69) is 0 Å². The first-order chi connectivity index (χ1) is 18.7. The van der Waals surface area contributed by atoms with E-state index < -0.39 is 46.7 Å². The molecule has 1 atom stereocenters. The minimum absolute atomic E-state index is 0.0100. The van der Waals surface area contributed by atoms with Gasteiger partial charge in [-0.05, 0) is 58.6 Å². The predicted molar refractivity (Wildman–Crippen MR) is 150 cm³/mol. The van der Waals surface area contributed by atoms with Crippen molar-refractivity contribution in [3.63, 3.8) is 0 Å². The summed E-state index contributed by atoms with van der Waals surface area (Å²) in [5, 5.41) is 11.4. The molecule has 1 unspecified atom stereocenters. The number of nitrogens with zero attached hydrogens (tertiary/aromatic N) is 3. The van der Waals surface area contributed by atoms with Crippen LogP contribution in [0.1, 0.15) is 51.8 Å². The summed E-state index contributed by atoms with van der Waals surface area (Å²) >= 11 is 1.26. The van der Waals surface area contributed by atoms with Crippen molar-refractivity contribution in [2.45, 2.75) is 71.4 Å². The molecular weight excluding hydrogens is 538 g/mol. The fraction of sp³-hybridized carbons (Fsp3) is 0.500. The number of likely N-dealkylation sites (tertiary alicyclic amines) is 1. The number of methoxy groups -OCH3 is 1. The highest BCUT2D eigenvalue weighted by Gasteiger charge is 2.39. The summed E-state index contributed by atoms with van der Waals surface area (Å²) in [6.07, 6.45) is -2.15. The van der Waals surface area contributed by atoms with Crippen molar-refractivity contribution >= 4 is 33.6 Å². The van der Waals surface area contributed by atoms with E-state index in [0.717, 1.165) is 4.57 Å². The van der Waals surface area contributed by atoms with E-state index in [1.807, 2.05) is 18.2 Å². The topological polar surface area (TPSA) is 129 Å². The van der Waals surface area contributed by atoms with Gasteiger partial charge in [0.15, 0.2) is 0 Å².